The van der Waals surface area contributed by atoms with Gasteiger partial charge in [0.1, 0.15) is 40.0 Å². The molecule has 4 aromatic carbocycles. The number of anilines is 2. The minimum Gasteiger partial charge on any atom is -0.508 e. The smallest absolute Gasteiger partial charge is 0.162 e. The lowest BCUT2D eigenvalue weighted by molar-refractivity contribution is -0.0173. The first-order valence-corrected chi connectivity index (χ1v) is 23.3. The number of phenols is 1. The monoisotopic (exact) mass is 883 g/mol. The second kappa shape index (κ2) is 16.7. The zero-order valence-electron chi connectivity index (χ0n) is 37.1. The van der Waals surface area contributed by atoms with Gasteiger partial charge in [0.15, 0.2) is 5.82 Å². The number of aliphatic hydroxyl groups is 1. The van der Waals surface area contributed by atoms with E-state index in [0.29, 0.717) is 57.0 Å². The summed E-state index contributed by atoms with van der Waals surface area (Å²) >= 11 is 1.77. The van der Waals surface area contributed by atoms with Crippen LogP contribution in [-0.2, 0) is 6.42 Å². The molecular weight excluding hydrogens is 829 g/mol. The van der Waals surface area contributed by atoms with Gasteiger partial charge in [-0.1, -0.05) is 30.3 Å². The van der Waals surface area contributed by atoms with Crippen LogP contribution < -0.4 is 14.5 Å². The number of hydrogen-bond donors (Lipinski definition) is 2. The number of thiophene rings is 1. The molecule has 0 bridgehead atoms. The van der Waals surface area contributed by atoms with Crippen molar-refractivity contribution < 1.29 is 23.7 Å². The highest BCUT2D eigenvalue weighted by Crippen LogP contribution is 2.50. The maximum atomic E-state index is 16.5. The Bertz CT molecular complexity index is 2730. The Hall–Kier alpha value is -5.63. The van der Waals surface area contributed by atoms with Gasteiger partial charge < -0.3 is 24.7 Å². The summed E-state index contributed by atoms with van der Waals surface area (Å²) in [5, 5.41) is 32.2. The van der Waals surface area contributed by atoms with Gasteiger partial charge in [-0.15, -0.1) is 21.5 Å². The maximum Gasteiger partial charge on any atom is 0.162 e. The first-order chi connectivity index (χ1) is 30.9. The number of aromatic nitrogens is 3. The normalized spacial score (nSPS) is 20.9. The zero-order chi connectivity index (χ0) is 44.4. The van der Waals surface area contributed by atoms with Crippen molar-refractivity contribution in [1.29, 1.82) is 0 Å². The van der Waals surface area contributed by atoms with E-state index < -0.39 is 5.60 Å². The number of piperazine rings is 1. The number of halogens is 2. The number of fused-ring (bicyclic) bond motifs is 4. The lowest BCUT2D eigenvalue weighted by Crippen LogP contribution is -2.55. The molecule has 2 fully saturated rings. The van der Waals surface area contributed by atoms with E-state index in [-0.39, 0.29) is 35.3 Å². The summed E-state index contributed by atoms with van der Waals surface area (Å²) in [5.41, 5.74) is 9.02. The third kappa shape index (κ3) is 7.64. The van der Waals surface area contributed by atoms with Crippen LogP contribution in [0, 0.1) is 32.4 Å². The van der Waals surface area contributed by atoms with Crippen LogP contribution in [0.1, 0.15) is 99.5 Å². The summed E-state index contributed by atoms with van der Waals surface area (Å²) < 4.78 is 38.6. The van der Waals surface area contributed by atoms with E-state index >= 15 is 4.39 Å². The van der Waals surface area contributed by atoms with Crippen molar-refractivity contribution in [3.05, 3.63) is 146 Å². The summed E-state index contributed by atoms with van der Waals surface area (Å²) in [4.78, 5) is 13.2. The molecule has 2 aromatic heterocycles. The van der Waals surface area contributed by atoms with Gasteiger partial charge in [-0.3, -0.25) is 14.5 Å². The van der Waals surface area contributed by atoms with Crippen LogP contribution in [0.25, 0.3) is 5.00 Å². The van der Waals surface area contributed by atoms with Crippen LogP contribution in [0.2, 0.25) is 0 Å². The van der Waals surface area contributed by atoms with Gasteiger partial charge >= 0.3 is 0 Å². The number of aromatic hydroxyl groups is 1. The molecule has 0 radical (unpaired) electrons. The molecule has 0 amide bonds. The molecule has 5 heterocycles. The summed E-state index contributed by atoms with van der Waals surface area (Å²) in [6.45, 7) is 13.1. The van der Waals surface area contributed by atoms with Gasteiger partial charge in [-0.25, -0.2) is 8.78 Å². The van der Waals surface area contributed by atoms with E-state index in [2.05, 4.69) is 74.5 Å². The molecule has 2 saturated heterocycles. The molecule has 0 unspecified atom stereocenters. The SMILES string of the molecule is COc1cc(N2CCN(CC3(O)CCN(c4ccc(C5=N[C@@H](C)c6nnc(C)n6-c6sc(C)c(C)c65)cc4)CC3)CC2)c(F)cc1[C@@H]1c2ccc(O)cc2CC[C@@H]1c1ccc(F)cc1. The maximum absolute atomic E-state index is 16.5. The van der Waals surface area contributed by atoms with Crippen LogP contribution in [0.3, 0.4) is 0 Å². The number of nitrogens with zero attached hydrogens (tertiary/aromatic N) is 7. The number of aryl methyl sites for hydroxylation is 3. The zero-order valence-corrected chi connectivity index (χ0v) is 37.9. The van der Waals surface area contributed by atoms with Crippen molar-refractivity contribution in [2.24, 2.45) is 4.99 Å². The van der Waals surface area contributed by atoms with Crippen molar-refractivity contribution >= 4 is 28.4 Å². The molecule has 0 spiro atoms. The lowest BCUT2D eigenvalue weighted by atomic mass is 9.69. The number of benzene rings is 4. The molecule has 2 N–H and O–H groups in total. The third-order valence-corrected chi connectivity index (χ3v) is 15.5. The van der Waals surface area contributed by atoms with E-state index in [4.69, 9.17) is 9.73 Å². The molecule has 64 heavy (non-hydrogen) atoms. The predicted molar refractivity (Wildman–Crippen MR) is 249 cm³/mol. The fourth-order valence-electron chi connectivity index (χ4n) is 10.7. The van der Waals surface area contributed by atoms with Gasteiger partial charge in [0, 0.05) is 85.1 Å². The molecule has 13 heteroatoms. The van der Waals surface area contributed by atoms with Gasteiger partial charge in [0.2, 0.25) is 0 Å². The molecule has 6 aromatic rings. The number of β-amino-alcohol motifs (C(OH)–C–C–N with tert-alkyl or cyclic N) is 1. The number of rotatable bonds is 8. The highest BCUT2D eigenvalue weighted by atomic mass is 32.1. The van der Waals surface area contributed by atoms with Gasteiger partial charge in [-0.2, -0.15) is 0 Å². The number of hydrogen-bond acceptors (Lipinski definition) is 10. The van der Waals surface area contributed by atoms with E-state index in [9.17, 15) is 14.6 Å². The van der Waals surface area contributed by atoms with Crippen molar-refractivity contribution in [3.63, 3.8) is 0 Å². The summed E-state index contributed by atoms with van der Waals surface area (Å²) in [7, 11) is 1.62. The van der Waals surface area contributed by atoms with Crippen LogP contribution in [0.15, 0.2) is 83.9 Å². The molecule has 10 nitrogen and oxygen atoms in total. The van der Waals surface area contributed by atoms with Gasteiger partial charge in [0.05, 0.1) is 24.1 Å². The summed E-state index contributed by atoms with van der Waals surface area (Å²) in [6, 6.07) is 24.0. The molecule has 10 rings (SSSR count). The molecule has 1 aliphatic carbocycles. The fourth-order valence-corrected chi connectivity index (χ4v) is 11.9. The Labute approximate surface area is 377 Å². The third-order valence-electron chi connectivity index (χ3n) is 14.3. The fraction of sp³-hybridized carbons (Fsp3) is 0.392. The standard InChI is InChI=1S/C51H55F2N7O3S/c1-30-32(3)64-50-46(30)48(54-31(2)49-56-55-33(4)60(49)50)35-8-13-38(14-9-35)58-20-18-51(62,19-21-58)29-57-22-24-59(25-23-57)44-28-45(63-5)42(27-43(44)53)47-40(34-6-11-37(52)12-7-34)16-10-36-26-39(61)15-17-41(36)47/h6-9,11-15,17,26-28,31,40,47,61-62H,10,16,18-25,29H2,1-5H3/t31-,40+,47-/m0/s1. The van der Waals surface area contributed by atoms with Crippen molar-refractivity contribution in [1.82, 2.24) is 19.7 Å². The van der Waals surface area contributed by atoms with Crippen molar-refractivity contribution in [3.8, 4) is 16.5 Å². The van der Waals surface area contributed by atoms with Crippen LogP contribution in [0.4, 0.5) is 20.2 Å². The first-order valence-electron chi connectivity index (χ1n) is 22.5. The minimum absolute atomic E-state index is 0.0334. The highest BCUT2D eigenvalue weighted by molar-refractivity contribution is 7.15. The number of aliphatic imine (C=N–C) groups is 1. The second-order valence-corrected chi connectivity index (χ2v) is 19.4. The van der Waals surface area contributed by atoms with Gasteiger partial charge in [0.25, 0.3) is 0 Å². The molecule has 3 atom stereocenters. The first kappa shape index (κ1) is 42.3. The predicted octanol–water partition coefficient (Wildman–Crippen LogP) is 9.17. The van der Waals surface area contributed by atoms with Gasteiger partial charge in [-0.05, 0) is 124 Å². The van der Waals surface area contributed by atoms with Crippen LogP contribution >= 0.6 is 11.3 Å². The number of piperidine rings is 1. The van der Waals surface area contributed by atoms with E-state index in [1.807, 2.05) is 31.2 Å². The van der Waals surface area contributed by atoms with E-state index in [1.54, 1.807) is 36.6 Å². The summed E-state index contributed by atoms with van der Waals surface area (Å²) in [5.74, 6) is 1.64. The lowest BCUT2D eigenvalue weighted by Gasteiger charge is -2.44. The Morgan fingerprint density at radius 3 is 2.30 bits per heavy atom. The minimum atomic E-state index is -0.809. The molecule has 3 aliphatic heterocycles. The van der Waals surface area contributed by atoms with Crippen molar-refractivity contribution in [2.75, 3.05) is 62.7 Å². The second-order valence-electron chi connectivity index (χ2n) is 18.2. The Kier molecular flexibility index (Phi) is 11.1. The molecule has 332 valence electrons. The summed E-state index contributed by atoms with van der Waals surface area (Å²) in [6.07, 6.45) is 2.82. The Balaban J connectivity index is 0.792. The van der Waals surface area contributed by atoms with Crippen molar-refractivity contribution in [2.45, 2.75) is 76.9 Å². The Morgan fingerprint density at radius 1 is 0.844 bits per heavy atom. The number of ether oxygens (including phenoxy) is 1. The van der Waals surface area contributed by atoms with Crippen LogP contribution in [-0.4, -0.2) is 94.1 Å². The number of phenolic OH excluding ortho intramolecular Hbond substituents is 1. The molecule has 4 aliphatic rings. The topological polar surface area (TPSA) is 102 Å². The highest BCUT2D eigenvalue weighted by Gasteiger charge is 2.38. The number of methoxy groups -OCH3 is 1. The van der Waals surface area contributed by atoms with Crippen LogP contribution in [0.5, 0.6) is 11.5 Å². The average Bonchev–Trinajstić information content (AvgIpc) is 3.78. The Morgan fingerprint density at radius 2 is 1.58 bits per heavy atom. The van der Waals surface area contributed by atoms with E-state index in [1.165, 1.54) is 22.6 Å². The molecule has 0 saturated carbocycles. The molecular formula is C51H55F2N7O3S. The van der Waals surface area contributed by atoms with E-state index in [0.717, 1.165) is 87.4 Å². The quantitative estimate of drug-likeness (QED) is 0.156. The average molecular weight is 884 g/mol. The largest absolute Gasteiger partial charge is 0.508 e.